The maximum Gasteiger partial charge on any atom is 0.238 e. The van der Waals surface area contributed by atoms with Gasteiger partial charge in [0.1, 0.15) is 11.6 Å². The minimum atomic E-state index is -3.78. The molecule has 4 N–H and O–H groups in total. The number of fused-ring (bicyclic) bond motifs is 1. The number of hydrogen-bond acceptors (Lipinski definition) is 7. The van der Waals surface area contributed by atoms with Crippen LogP contribution >= 0.6 is 0 Å². The van der Waals surface area contributed by atoms with Gasteiger partial charge in [-0.2, -0.15) is 5.26 Å². The van der Waals surface area contributed by atoms with E-state index in [1.807, 2.05) is 6.07 Å². The topological polar surface area (TPSA) is 142 Å². The highest BCUT2D eigenvalue weighted by atomic mass is 32.2. The molecule has 0 atom stereocenters. The Kier molecular flexibility index (Phi) is 3.76. The number of nitrogens with one attached hydrogen (secondary N) is 1. The number of hydrogen-bond donors (Lipinski definition) is 3. The van der Waals surface area contributed by atoms with Crippen molar-refractivity contribution in [3.8, 4) is 11.9 Å². The number of nitrogens with zero attached hydrogens (tertiary/aromatic N) is 3. The summed E-state index contributed by atoms with van der Waals surface area (Å²) in [6.07, 6.45) is 2.72. The first-order valence-corrected chi connectivity index (χ1v) is 8.21. The van der Waals surface area contributed by atoms with Crippen LogP contribution < -0.4 is 10.5 Å². The molecular formula is C15H11N5O3S. The van der Waals surface area contributed by atoms with Gasteiger partial charge >= 0.3 is 0 Å². The van der Waals surface area contributed by atoms with Gasteiger partial charge in [0.05, 0.1) is 16.1 Å². The predicted molar refractivity (Wildman–Crippen MR) is 87.0 cm³/mol. The second-order valence-corrected chi connectivity index (χ2v) is 6.45. The normalized spacial score (nSPS) is 11.2. The Bertz CT molecular complexity index is 1070. The zero-order chi connectivity index (χ0) is 17.3. The highest BCUT2D eigenvalue weighted by Gasteiger charge is 2.13. The molecule has 8 nitrogen and oxygen atoms in total. The molecule has 0 aliphatic rings. The minimum Gasteiger partial charge on any atom is -0.492 e. The minimum absolute atomic E-state index is 0.0185. The molecule has 0 bridgehead atoms. The predicted octanol–water partition coefficient (Wildman–Crippen LogP) is 1.60. The first-order chi connectivity index (χ1) is 11.4. The van der Waals surface area contributed by atoms with Gasteiger partial charge in [0.25, 0.3) is 0 Å². The Labute approximate surface area is 137 Å². The van der Waals surface area contributed by atoms with E-state index in [0.717, 1.165) is 0 Å². The third-order valence-corrected chi connectivity index (χ3v) is 4.27. The maximum atomic E-state index is 11.3. The van der Waals surface area contributed by atoms with Crippen molar-refractivity contribution in [2.45, 2.75) is 4.90 Å². The van der Waals surface area contributed by atoms with Crippen LogP contribution in [0.2, 0.25) is 0 Å². The number of anilines is 2. The van der Waals surface area contributed by atoms with Crippen molar-refractivity contribution in [1.82, 2.24) is 9.97 Å². The Balaban J connectivity index is 2.10. The molecule has 9 heteroatoms. The van der Waals surface area contributed by atoms with Gasteiger partial charge in [0.15, 0.2) is 0 Å². The average molecular weight is 341 g/mol. The monoisotopic (exact) mass is 341 g/mol. The first kappa shape index (κ1) is 15.7. The number of primary sulfonamides is 1. The van der Waals surface area contributed by atoms with E-state index in [1.165, 1.54) is 36.7 Å². The van der Waals surface area contributed by atoms with E-state index in [4.69, 9.17) is 5.14 Å². The van der Waals surface area contributed by atoms with Crippen LogP contribution in [0.5, 0.6) is 5.88 Å². The van der Waals surface area contributed by atoms with Gasteiger partial charge in [-0.05, 0) is 30.3 Å². The van der Waals surface area contributed by atoms with Gasteiger partial charge in [-0.3, -0.25) is 0 Å². The zero-order valence-electron chi connectivity index (χ0n) is 12.1. The number of aromatic hydroxyl groups is 1. The number of pyridine rings is 2. The molecular weight excluding hydrogens is 330 g/mol. The zero-order valence-corrected chi connectivity index (χ0v) is 12.9. The summed E-state index contributed by atoms with van der Waals surface area (Å²) in [7, 11) is -3.78. The van der Waals surface area contributed by atoms with Crippen LogP contribution in [0.15, 0.2) is 47.6 Å². The molecule has 24 heavy (non-hydrogen) atoms. The summed E-state index contributed by atoms with van der Waals surface area (Å²) in [5.41, 5.74) is 1.50. The summed E-state index contributed by atoms with van der Waals surface area (Å²) in [4.78, 5) is 7.76. The van der Waals surface area contributed by atoms with Crippen LogP contribution in [-0.4, -0.2) is 23.5 Å². The molecule has 0 amide bonds. The van der Waals surface area contributed by atoms with Crippen molar-refractivity contribution in [3.63, 3.8) is 0 Å². The van der Waals surface area contributed by atoms with E-state index in [1.54, 1.807) is 6.07 Å². The van der Waals surface area contributed by atoms with Gasteiger partial charge in [-0.15, -0.1) is 0 Å². The maximum absolute atomic E-state index is 11.3. The van der Waals surface area contributed by atoms with E-state index in [-0.39, 0.29) is 21.9 Å². The molecule has 3 rings (SSSR count). The van der Waals surface area contributed by atoms with E-state index < -0.39 is 10.0 Å². The summed E-state index contributed by atoms with van der Waals surface area (Å²) in [5.74, 6) is -0.246. The van der Waals surface area contributed by atoms with E-state index in [9.17, 15) is 18.8 Å². The van der Waals surface area contributed by atoms with Crippen LogP contribution in [0, 0.1) is 11.3 Å². The molecule has 0 fully saturated rings. The van der Waals surface area contributed by atoms with Crippen molar-refractivity contribution in [2.75, 3.05) is 5.32 Å². The molecule has 120 valence electrons. The fourth-order valence-electron chi connectivity index (χ4n) is 2.20. The fourth-order valence-corrected chi connectivity index (χ4v) is 2.72. The fraction of sp³-hybridized carbons (Fsp3) is 0. The molecule has 2 heterocycles. The largest absolute Gasteiger partial charge is 0.492 e. The van der Waals surface area contributed by atoms with Gasteiger partial charge in [-0.1, -0.05) is 0 Å². The lowest BCUT2D eigenvalue weighted by Crippen LogP contribution is -2.11. The molecule has 0 saturated carbocycles. The third kappa shape index (κ3) is 2.83. The van der Waals surface area contributed by atoms with Crippen LogP contribution in [0.25, 0.3) is 10.9 Å². The molecule has 0 aliphatic heterocycles. The van der Waals surface area contributed by atoms with E-state index in [0.29, 0.717) is 16.8 Å². The summed E-state index contributed by atoms with van der Waals surface area (Å²) in [6, 6.07) is 9.39. The van der Waals surface area contributed by atoms with Crippen molar-refractivity contribution in [2.24, 2.45) is 5.14 Å². The highest BCUT2D eigenvalue weighted by molar-refractivity contribution is 7.89. The summed E-state index contributed by atoms with van der Waals surface area (Å²) in [5, 5.41) is 27.7. The second kappa shape index (κ2) is 5.77. The van der Waals surface area contributed by atoms with E-state index in [2.05, 4.69) is 15.3 Å². The van der Waals surface area contributed by atoms with E-state index >= 15 is 0 Å². The van der Waals surface area contributed by atoms with Crippen molar-refractivity contribution >= 4 is 32.3 Å². The Morgan fingerprint density at radius 3 is 2.50 bits per heavy atom. The SMILES string of the molecule is N#Cc1cnc2c(O)nccc2c1Nc1ccc(S(N)(=O)=O)cc1. The molecule has 0 radical (unpaired) electrons. The number of sulfonamides is 1. The molecule has 0 unspecified atom stereocenters. The smallest absolute Gasteiger partial charge is 0.238 e. The van der Waals surface area contributed by atoms with Crippen LogP contribution in [0.4, 0.5) is 11.4 Å². The summed E-state index contributed by atoms with van der Waals surface area (Å²) in [6.45, 7) is 0. The van der Waals surface area contributed by atoms with Crippen LogP contribution in [-0.2, 0) is 10.0 Å². The number of benzene rings is 1. The van der Waals surface area contributed by atoms with Gasteiger partial charge < -0.3 is 10.4 Å². The lowest BCUT2D eigenvalue weighted by atomic mass is 10.1. The highest BCUT2D eigenvalue weighted by Crippen LogP contribution is 2.31. The van der Waals surface area contributed by atoms with Crippen molar-refractivity contribution in [3.05, 3.63) is 48.3 Å². The standard InChI is InChI=1S/C15H11N5O3S/c16-7-9-8-19-14-12(5-6-18-15(14)21)13(9)20-10-1-3-11(4-2-10)24(17,22)23/h1-6,8H,(H,18,21)(H,19,20)(H2,17,22,23). The number of nitriles is 1. The molecule has 3 aromatic rings. The number of rotatable bonds is 3. The molecule has 0 spiro atoms. The second-order valence-electron chi connectivity index (χ2n) is 4.88. The lowest BCUT2D eigenvalue weighted by molar-refractivity contribution is 0.459. The summed E-state index contributed by atoms with van der Waals surface area (Å²) < 4.78 is 22.6. The Hall–Kier alpha value is -3.22. The Morgan fingerprint density at radius 2 is 1.88 bits per heavy atom. The quantitative estimate of drug-likeness (QED) is 0.656. The Morgan fingerprint density at radius 1 is 1.17 bits per heavy atom. The van der Waals surface area contributed by atoms with Gasteiger partial charge in [0.2, 0.25) is 15.9 Å². The van der Waals surface area contributed by atoms with Crippen molar-refractivity contribution in [1.29, 1.82) is 5.26 Å². The molecule has 0 aliphatic carbocycles. The number of aromatic nitrogens is 2. The van der Waals surface area contributed by atoms with Gasteiger partial charge in [-0.25, -0.2) is 23.5 Å². The van der Waals surface area contributed by atoms with Crippen LogP contribution in [0.3, 0.4) is 0 Å². The molecule has 1 aromatic carbocycles. The molecule has 0 saturated heterocycles. The molecule has 2 aromatic heterocycles. The van der Waals surface area contributed by atoms with Crippen LogP contribution in [0.1, 0.15) is 5.56 Å². The number of nitrogens with two attached hydrogens (primary N) is 1. The summed E-state index contributed by atoms with van der Waals surface area (Å²) >= 11 is 0. The van der Waals surface area contributed by atoms with Crippen molar-refractivity contribution < 1.29 is 13.5 Å². The first-order valence-electron chi connectivity index (χ1n) is 6.67. The average Bonchev–Trinajstić information content (AvgIpc) is 2.55. The lowest BCUT2D eigenvalue weighted by Gasteiger charge is -2.12. The third-order valence-electron chi connectivity index (χ3n) is 3.34. The van der Waals surface area contributed by atoms with Gasteiger partial charge in [0, 0.05) is 23.5 Å².